The molecular weight excluding hydrogens is 273 g/mol. The number of alkyl halides is 3. The summed E-state index contributed by atoms with van der Waals surface area (Å²) in [5.41, 5.74) is -1.34. The van der Waals surface area contributed by atoms with Gasteiger partial charge in [0.1, 0.15) is 0 Å². The molecule has 1 N–H and O–H groups in total. The van der Waals surface area contributed by atoms with Gasteiger partial charge in [0, 0.05) is 18.2 Å². The first kappa shape index (κ1) is 14.8. The van der Waals surface area contributed by atoms with Crippen LogP contribution in [0, 0.1) is 16.0 Å². The van der Waals surface area contributed by atoms with Crippen molar-refractivity contribution in [1.82, 2.24) is 5.32 Å². The van der Waals surface area contributed by atoms with Gasteiger partial charge in [-0.3, -0.25) is 10.1 Å². The summed E-state index contributed by atoms with van der Waals surface area (Å²) in [5, 5.41) is 13.6. The smallest absolute Gasteiger partial charge is 0.316 e. The molecule has 1 atom stereocenters. The molecular formula is C13H15F3N2O2. The first-order valence-corrected chi connectivity index (χ1v) is 6.34. The quantitative estimate of drug-likeness (QED) is 0.669. The Morgan fingerprint density at radius 1 is 1.45 bits per heavy atom. The summed E-state index contributed by atoms with van der Waals surface area (Å²) in [6.07, 6.45) is -2.32. The Kier molecular flexibility index (Phi) is 3.99. The number of rotatable bonds is 5. The van der Waals surface area contributed by atoms with Crippen LogP contribution in [0.25, 0.3) is 0 Å². The molecule has 0 bridgehead atoms. The fraction of sp³-hybridized carbons (Fsp3) is 0.538. The molecule has 1 aromatic rings. The summed E-state index contributed by atoms with van der Waals surface area (Å²) in [7, 11) is 1.72. The van der Waals surface area contributed by atoms with Crippen LogP contribution in [0.1, 0.15) is 24.0 Å². The van der Waals surface area contributed by atoms with Gasteiger partial charge in [0.25, 0.3) is 5.69 Å². The molecule has 1 aromatic carbocycles. The zero-order valence-corrected chi connectivity index (χ0v) is 10.9. The summed E-state index contributed by atoms with van der Waals surface area (Å²) >= 11 is 0. The number of non-ortho nitro benzene ring substituents is 1. The lowest BCUT2D eigenvalue weighted by Crippen LogP contribution is -2.30. The number of benzene rings is 1. The molecule has 1 fully saturated rings. The largest absolute Gasteiger partial charge is 0.416 e. The summed E-state index contributed by atoms with van der Waals surface area (Å²) < 4.78 is 39.1. The average molecular weight is 288 g/mol. The van der Waals surface area contributed by atoms with Gasteiger partial charge in [-0.2, -0.15) is 13.2 Å². The number of hydrogen-bond acceptors (Lipinski definition) is 3. The van der Waals surface area contributed by atoms with Crippen molar-refractivity contribution in [3.05, 3.63) is 39.4 Å². The summed E-state index contributed by atoms with van der Waals surface area (Å²) in [5.74, 6) is 0.399. The Balaban J connectivity index is 2.33. The number of nitrogens with zero attached hydrogens (tertiary/aromatic N) is 1. The first-order valence-electron chi connectivity index (χ1n) is 6.34. The summed E-state index contributed by atoms with van der Waals surface area (Å²) in [6, 6.07) is 2.95. The van der Waals surface area contributed by atoms with E-state index in [4.69, 9.17) is 0 Å². The third-order valence-corrected chi connectivity index (χ3v) is 3.61. The van der Waals surface area contributed by atoms with Crippen LogP contribution in [-0.2, 0) is 12.6 Å². The molecule has 0 heterocycles. The van der Waals surface area contributed by atoms with Crippen molar-refractivity contribution in [1.29, 1.82) is 0 Å². The Bertz CT molecular complexity index is 513. The highest BCUT2D eigenvalue weighted by Crippen LogP contribution is 2.38. The van der Waals surface area contributed by atoms with Crippen LogP contribution in [0.4, 0.5) is 18.9 Å². The van der Waals surface area contributed by atoms with E-state index >= 15 is 0 Å². The Labute approximate surface area is 114 Å². The average Bonchev–Trinajstić information content (AvgIpc) is 3.18. The highest BCUT2D eigenvalue weighted by atomic mass is 19.4. The number of likely N-dealkylation sites (N-methyl/N-ethyl adjacent to an activating group) is 1. The van der Waals surface area contributed by atoms with E-state index in [2.05, 4.69) is 5.32 Å². The maximum absolute atomic E-state index is 13.0. The molecule has 0 radical (unpaired) electrons. The van der Waals surface area contributed by atoms with Gasteiger partial charge in [0.15, 0.2) is 0 Å². The SMILES string of the molecule is CNC(Cc1ccc([N+](=O)[O-])cc1C(F)(F)F)C1CC1. The third kappa shape index (κ3) is 3.27. The van der Waals surface area contributed by atoms with Crippen molar-refractivity contribution < 1.29 is 18.1 Å². The molecule has 0 saturated heterocycles. The zero-order chi connectivity index (χ0) is 14.9. The molecule has 110 valence electrons. The first-order chi connectivity index (χ1) is 9.32. The van der Waals surface area contributed by atoms with Gasteiger partial charge < -0.3 is 5.32 Å². The number of nitrogens with one attached hydrogen (secondary N) is 1. The third-order valence-electron chi connectivity index (χ3n) is 3.61. The topological polar surface area (TPSA) is 55.2 Å². The summed E-state index contributed by atoms with van der Waals surface area (Å²) in [6.45, 7) is 0. The second-order valence-corrected chi connectivity index (χ2v) is 5.03. The van der Waals surface area contributed by atoms with E-state index in [0.717, 1.165) is 18.9 Å². The van der Waals surface area contributed by atoms with Crippen molar-refractivity contribution in [2.24, 2.45) is 5.92 Å². The van der Waals surface area contributed by atoms with E-state index in [-0.39, 0.29) is 18.0 Å². The van der Waals surface area contributed by atoms with E-state index in [9.17, 15) is 23.3 Å². The molecule has 1 aliphatic rings. The normalized spacial score (nSPS) is 17.0. The van der Waals surface area contributed by atoms with Crippen LogP contribution in [0.15, 0.2) is 18.2 Å². The standard InChI is InChI=1S/C13H15F3N2O2/c1-17-12(8-2-3-8)6-9-4-5-10(18(19)20)7-11(9)13(14,15)16/h4-5,7-8,12,17H,2-3,6H2,1H3. The fourth-order valence-corrected chi connectivity index (χ4v) is 2.36. The molecule has 4 nitrogen and oxygen atoms in total. The predicted octanol–water partition coefficient (Wildman–Crippen LogP) is 3.15. The van der Waals surface area contributed by atoms with Crippen molar-refractivity contribution in [2.45, 2.75) is 31.5 Å². The molecule has 0 spiro atoms. The van der Waals surface area contributed by atoms with Crippen molar-refractivity contribution in [2.75, 3.05) is 7.05 Å². The number of halogens is 3. The van der Waals surface area contributed by atoms with Crippen molar-refractivity contribution >= 4 is 5.69 Å². The van der Waals surface area contributed by atoms with Gasteiger partial charge in [0.05, 0.1) is 10.5 Å². The molecule has 0 aliphatic heterocycles. The van der Waals surface area contributed by atoms with Gasteiger partial charge in [-0.05, 0) is 37.8 Å². The molecule has 1 aliphatic carbocycles. The lowest BCUT2D eigenvalue weighted by atomic mass is 9.97. The second kappa shape index (κ2) is 5.40. The van der Waals surface area contributed by atoms with Crippen LogP contribution >= 0.6 is 0 Å². The Morgan fingerprint density at radius 3 is 2.55 bits per heavy atom. The van der Waals surface area contributed by atoms with Crippen LogP contribution < -0.4 is 5.32 Å². The van der Waals surface area contributed by atoms with Gasteiger partial charge in [-0.15, -0.1) is 0 Å². The molecule has 1 saturated carbocycles. The molecule has 2 rings (SSSR count). The van der Waals surface area contributed by atoms with Gasteiger partial charge in [0.2, 0.25) is 0 Å². The van der Waals surface area contributed by atoms with Gasteiger partial charge in [-0.1, -0.05) is 6.07 Å². The maximum Gasteiger partial charge on any atom is 0.416 e. The minimum atomic E-state index is -4.58. The van der Waals surface area contributed by atoms with E-state index in [0.29, 0.717) is 12.0 Å². The van der Waals surface area contributed by atoms with Gasteiger partial charge in [-0.25, -0.2) is 0 Å². The van der Waals surface area contributed by atoms with E-state index in [1.54, 1.807) is 7.05 Å². The number of nitro groups is 1. The number of nitro benzene ring substituents is 1. The lowest BCUT2D eigenvalue weighted by Gasteiger charge is -2.18. The van der Waals surface area contributed by atoms with Crippen LogP contribution in [0.5, 0.6) is 0 Å². The van der Waals surface area contributed by atoms with E-state index in [1.807, 2.05) is 0 Å². The predicted molar refractivity (Wildman–Crippen MR) is 67.4 cm³/mol. The minimum Gasteiger partial charge on any atom is -0.316 e. The molecule has 0 amide bonds. The Hall–Kier alpha value is -1.63. The molecule has 0 aromatic heterocycles. The van der Waals surface area contributed by atoms with Crippen LogP contribution in [0.2, 0.25) is 0 Å². The van der Waals surface area contributed by atoms with Crippen molar-refractivity contribution in [3.63, 3.8) is 0 Å². The fourth-order valence-electron chi connectivity index (χ4n) is 2.36. The minimum absolute atomic E-state index is 0.0162. The molecule has 7 heteroatoms. The van der Waals surface area contributed by atoms with Crippen LogP contribution in [-0.4, -0.2) is 18.0 Å². The summed E-state index contributed by atoms with van der Waals surface area (Å²) in [4.78, 5) is 9.80. The van der Waals surface area contributed by atoms with Crippen LogP contribution in [0.3, 0.4) is 0 Å². The maximum atomic E-state index is 13.0. The molecule has 1 unspecified atom stereocenters. The molecule has 20 heavy (non-hydrogen) atoms. The monoisotopic (exact) mass is 288 g/mol. The second-order valence-electron chi connectivity index (χ2n) is 5.03. The lowest BCUT2D eigenvalue weighted by molar-refractivity contribution is -0.385. The number of hydrogen-bond donors (Lipinski definition) is 1. The van der Waals surface area contributed by atoms with Gasteiger partial charge >= 0.3 is 6.18 Å². The van der Waals surface area contributed by atoms with E-state index < -0.39 is 22.4 Å². The Morgan fingerprint density at radius 2 is 2.10 bits per heavy atom. The highest BCUT2D eigenvalue weighted by Gasteiger charge is 2.37. The highest BCUT2D eigenvalue weighted by molar-refractivity contribution is 5.42. The van der Waals surface area contributed by atoms with Crippen molar-refractivity contribution in [3.8, 4) is 0 Å². The van der Waals surface area contributed by atoms with E-state index in [1.165, 1.54) is 6.07 Å². The zero-order valence-electron chi connectivity index (χ0n) is 10.9.